The second-order valence-electron chi connectivity index (χ2n) is 9.61. The molecule has 0 unspecified atom stereocenters. The molecule has 3 N–H and O–H groups in total. The van der Waals surface area contributed by atoms with E-state index in [1.807, 2.05) is 0 Å². The molecule has 43 heavy (non-hydrogen) atoms. The van der Waals surface area contributed by atoms with Gasteiger partial charge in [0, 0.05) is 47.0 Å². The zero-order chi connectivity index (χ0) is 30.4. The Balaban J connectivity index is 1.52. The third kappa shape index (κ3) is 4.64. The van der Waals surface area contributed by atoms with Crippen LogP contribution in [0.25, 0.3) is 55.7 Å². The molecule has 0 spiro atoms. The largest absolute Gasteiger partial charge is 0.507 e. The van der Waals surface area contributed by atoms with Crippen molar-refractivity contribution in [1.82, 2.24) is 0 Å². The number of phenols is 3. The van der Waals surface area contributed by atoms with Crippen molar-refractivity contribution in [3.63, 3.8) is 0 Å². The number of aromatic hydroxyl groups is 3. The van der Waals surface area contributed by atoms with Gasteiger partial charge in [-0.3, -0.25) is 9.59 Å². The molecule has 2 heterocycles. The van der Waals surface area contributed by atoms with Crippen LogP contribution in [0.4, 0.5) is 0 Å². The maximum Gasteiger partial charge on any atom is 0.197 e. The van der Waals surface area contributed by atoms with Gasteiger partial charge in [-0.1, -0.05) is 0 Å². The SMILES string of the molecule is COc1ccc(-c2cc(=O)c3c(O)c(-c4cc(-c5cc(=O)c6c(O)cc(OC)cc6o5)ccc4O)c(OC)cc3o2)cc1. The van der Waals surface area contributed by atoms with Crippen LogP contribution in [0, 0.1) is 0 Å². The first-order valence-electron chi connectivity index (χ1n) is 12.9. The van der Waals surface area contributed by atoms with Gasteiger partial charge < -0.3 is 38.4 Å². The third-order valence-electron chi connectivity index (χ3n) is 7.12. The third-order valence-corrected chi connectivity index (χ3v) is 7.12. The molecule has 216 valence electrons. The fourth-order valence-corrected chi connectivity index (χ4v) is 4.99. The zero-order valence-corrected chi connectivity index (χ0v) is 23.1. The van der Waals surface area contributed by atoms with E-state index in [4.69, 9.17) is 23.0 Å². The van der Waals surface area contributed by atoms with Gasteiger partial charge in [0.25, 0.3) is 0 Å². The average Bonchev–Trinajstić information content (AvgIpc) is 3.00. The van der Waals surface area contributed by atoms with Crippen LogP contribution in [0.1, 0.15) is 0 Å². The molecule has 0 aliphatic rings. The van der Waals surface area contributed by atoms with E-state index in [-0.39, 0.29) is 67.6 Å². The second-order valence-corrected chi connectivity index (χ2v) is 9.61. The van der Waals surface area contributed by atoms with Gasteiger partial charge in [0.1, 0.15) is 68.0 Å². The fraction of sp³-hybridized carbons (Fsp3) is 0.0909. The minimum Gasteiger partial charge on any atom is -0.507 e. The Morgan fingerprint density at radius 2 is 1.19 bits per heavy atom. The number of phenolic OH excluding ortho intramolecular Hbond substituents is 3. The number of fused-ring (bicyclic) bond motifs is 2. The number of ether oxygens (including phenoxy) is 3. The molecule has 0 aliphatic heterocycles. The first-order chi connectivity index (χ1) is 20.7. The molecule has 6 aromatic rings. The van der Waals surface area contributed by atoms with Gasteiger partial charge >= 0.3 is 0 Å². The standard InChI is InChI=1S/C33H24O10/c1-39-18-7-4-16(5-8-18)25-14-24(37)32-29(42-25)15-27(41-3)30(33(32)38)20-10-17(6-9-21(20)34)26-13-23(36)31-22(35)11-19(40-2)12-28(31)43-26/h4-15,34-35,38H,1-3H3. The van der Waals surface area contributed by atoms with Crippen molar-refractivity contribution < 1.29 is 38.4 Å². The molecule has 10 nitrogen and oxygen atoms in total. The summed E-state index contributed by atoms with van der Waals surface area (Å²) in [5, 5.41) is 32.4. The highest BCUT2D eigenvalue weighted by Gasteiger charge is 2.23. The summed E-state index contributed by atoms with van der Waals surface area (Å²) in [5.74, 6) is 0.436. The predicted molar refractivity (Wildman–Crippen MR) is 159 cm³/mol. The smallest absolute Gasteiger partial charge is 0.197 e. The topological polar surface area (TPSA) is 149 Å². The number of methoxy groups -OCH3 is 3. The monoisotopic (exact) mass is 580 g/mol. The maximum atomic E-state index is 13.3. The van der Waals surface area contributed by atoms with Crippen molar-refractivity contribution >= 4 is 21.9 Å². The summed E-state index contributed by atoms with van der Waals surface area (Å²) in [6, 6.07) is 18.0. The van der Waals surface area contributed by atoms with Gasteiger partial charge in [0.2, 0.25) is 0 Å². The first-order valence-corrected chi connectivity index (χ1v) is 12.9. The van der Waals surface area contributed by atoms with Crippen LogP contribution in [0.2, 0.25) is 0 Å². The summed E-state index contributed by atoms with van der Waals surface area (Å²) in [5.41, 5.74) is 0.255. The highest BCUT2D eigenvalue weighted by molar-refractivity contribution is 5.97. The van der Waals surface area contributed by atoms with E-state index in [2.05, 4.69) is 0 Å². The highest BCUT2D eigenvalue weighted by Crippen LogP contribution is 2.47. The Kier molecular flexibility index (Phi) is 6.66. The van der Waals surface area contributed by atoms with Gasteiger partial charge in [-0.15, -0.1) is 0 Å². The van der Waals surface area contributed by atoms with Gasteiger partial charge in [-0.2, -0.15) is 0 Å². The normalized spacial score (nSPS) is 11.1. The van der Waals surface area contributed by atoms with E-state index in [0.717, 1.165) is 0 Å². The van der Waals surface area contributed by atoms with Crippen molar-refractivity contribution in [3.8, 4) is 68.3 Å². The second kappa shape index (κ2) is 10.5. The van der Waals surface area contributed by atoms with E-state index in [1.165, 1.54) is 62.8 Å². The molecule has 0 fully saturated rings. The summed E-state index contributed by atoms with van der Waals surface area (Å²) in [4.78, 5) is 26.2. The van der Waals surface area contributed by atoms with Crippen LogP contribution in [0.3, 0.4) is 0 Å². The van der Waals surface area contributed by atoms with Crippen molar-refractivity contribution in [2.45, 2.75) is 0 Å². The van der Waals surface area contributed by atoms with Gasteiger partial charge in [0.05, 0.1) is 26.9 Å². The molecule has 0 bridgehead atoms. The molecule has 0 saturated heterocycles. The Hall–Kier alpha value is -5.90. The fourth-order valence-electron chi connectivity index (χ4n) is 4.99. The van der Waals surface area contributed by atoms with E-state index in [1.54, 1.807) is 31.4 Å². The molecular formula is C33H24O10. The molecule has 6 rings (SSSR count). The van der Waals surface area contributed by atoms with Crippen LogP contribution in [-0.4, -0.2) is 36.6 Å². The van der Waals surface area contributed by atoms with Crippen molar-refractivity contribution in [2.24, 2.45) is 0 Å². The highest BCUT2D eigenvalue weighted by atomic mass is 16.5. The average molecular weight is 581 g/mol. The van der Waals surface area contributed by atoms with E-state index < -0.39 is 16.6 Å². The lowest BCUT2D eigenvalue weighted by Gasteiger charge is -2.15. The lowest BCUT2D eigenvalue weighted by Crippen LogP contribution is -2.03. The summed E-state index contributed by atoms with van der Waals surface area (Å²) < 4.78 is 27.9. The molecule has 10 heteroatoms. The molecule has 0 aliphatic carbocycles. The van der Waals surface area contributed by atoms with Gasteiger partial charge in [0.15, 0.2) is 10.9 Å². The molecular weight excluding hydrogens is 556 g/mol. The molecule has 4 aromatic carbocycles. The van der Waals surface area contributed by atoms with Crippen LogP contribution < -0.4 is 25.1 Å². The molecule has 2 aromatic heterocycles. The summed E-state index contributed by atoms with van der Waals surface area (Å²) >= 11 is 0. The van der Waals surface area contributed by atoms with Crippen molar-refractivity contribution in [3.05, 3.63) is 93.2 Å². The van der Waals surface area contributed by atoms with Crippen LogP contribution in [-0.2, 0) is 0 Å². The molecule has 0 saturated carbocycles. The van der Waals surface area contributed by atoms with E-state index in [9.17, 15) is 24.9 Å². The Bertz CT molecular complexity index is 2160. The summed E-state index contributed by atoms with van der Waals surface area (Å²) in [6.07, 6.45) is 0. The number of hydrogen-bond acceptors (Lipinski definition) is 10. The van der Waals surface area contributed by atoms with E-state index >= 15 is 0 Å². The van der Waals surface area contributed by atoms with E-state index in [0.29, 0.717) is 16.9 Å². The lowest BCUT2D eigenvalue weighted by atomic mass is 9.96. The first kappa shape index (κ1) is 27.3. The number of benzene rings is 4. The van der Waals surface area contributed by atoms with Crippen molar-refractivity contribution in [1.29, 1.82) is 0 Å². The Morgan fingerprint density at radius 3 is 1.84 bits per heavy atom. The quantitative estimate of drug-likeness (QED) is 0.213. The molecule has 0 radical (unpaired) electrons. The Morgan fingerprint density at radius 1 is 0.581 bits per heavy atom. The van der Waals surface area contributed by atoms with Gasteiger partial charge in [-0.05, 0) is 42.5 Å². The summed E-state index contributed by atoms with van der Waals surface area (Å²) in [7, 11) is 4.34. The van der Waals surface area contributed by atoms with Crippen LogP contribution in [0.15, 0.2) is 91.2 Å². The molecule has 0 atom stereocenters. The number of rotatable bonds is 6. The lowest BCUT2D eigenvalue weighted by molar-refractivity contribution is 0.408. The number of hydrogen-bond donors (Lipinski definition) is 3. The summed E-state index contributed by atoms with van der Waals surface area (Å²) in [6.45, 7) is 0. The van der Waals surface area contributed by atoms with Crippen LogP contribution >= 0.6 is 0 Å². The molecule has 0 amide bonds. The minimum atomic E-state index is -0.515. The maximum absolute atomic E-state index is 13.3. The van der Waals surface area contributed by atoms with Gasteiger partial charge in [-0.25, -0.2) is 0 Å². The predicted octanol–water partition coefficient (Wildman–Crippen LogP) is 6.04. The van der Waals surface area contributed by atoms with Crippen molar-refractivity contribution in [2.75, 3.05) is 21.3 Å². The minimum absolute atomic E-state index is 0.0156. The Labute approximate surface area is 243 Å². The zero-order valence-electron chi connectivity index (χ0n) is 23.1. The van der Waals surface area contributed by atoms with Crippen LogP contribution in [0.5, 0.6) is 34.5 Å².